The summed E-state index contributed by atoms with van der Waals surface area (Å²) in [5, 5.41) is 6.93. The molecular weight excluding hydrogens is 268 g/mol. The summed E-state index contributed by atoms with van der Waals surface area (Å²) < 4.78 is 5.30. The van der Waals surface area contributed by atoms with Gasteiger partial charge in [0.15, 0.2) is 0 Å². The molecule has 1 saturated carbocycles. The summed E-state index contributed by atoms with van der Waals surface area (Å²) >= 11 is 0. The first-order valence-electron chi connectivity index (χ1n) is 8.11. The van der Waals surface area contributed by atoms with Crippen LogP contribution in [0.3, 0.4) is 0 Å². The lowest BCUT2D eigenvalue weighted by atomic mass is 9.89. The third kappa shape index (κ3) is 5.56. The summed E-state index contributed by atoms with van der Waals surface area (Å²) in [5.74, 6) is 0.594. The van der Waals surface area contributed by atoms with Crippen molar-refractivity contribution in [2.24, 2.45) is 11.0 Å². The molecule has 2 atom stereocenters. The van der Waals surface area contributed by atoms with Gasteiger partial charge in [0.2, 0.25) is 0 Å². The van der Waals surface area contributed by atoms with Gasteiger partial charge in [-0.15, -0.1) is 0 Å². The number of nitrogens with one attached hydrogen (secondary N) is 1. The summed E-state index contributed by atoms with van der Waals surface area (Å²) in [6, 6.07) is 0. The van der Waals surface area contributed by atoms with E-state index in [9.17, 15) is 4.79 Å². The van der Waals surface area contributed by atoms with Gasteiger partial charge in [0.05, 0.1) is 6.61 Å². The molecule has 0 bridgehead atoms. The number of esters is 1. The maximum atomic E-state index is 12.4. The fourth-order valence-corrected chi connectivity index (χ4v) is 3.07. The second kappa shape index (κ2) is 9.64. The topological polar surface area (TPSA) is 87.1 Å². The number of hydrogen-bond acceptors (Lipinski definition) is 4. The maximum Gasteiger partial charge on any atom is 0.326 e. The molecule has 0 radical (unpaired) electrons. The normalized spacial score (nSPS) is 25.7. The van der Waals surface area contributed by atoms with Crippen molar-refractivity contribution < 1.29 is 9.53 Å². The predicted octanol–water partition coefficient (Wildman–Crippen LogP) is 3.57. The Labute approximate surface area is 127 Å². The first kappa shape index (κ1) is 17.8. The van der Waals surface area contributed by atoms with Crippen molar-refractivity contribution in [2.75, 3.05) is 19.7 Å². The van der Waals surface area contributed by atoms with E-state index in [0.29, 0.717) is 25.6 Å². The Bertz CT molecular complexity index is 369. The summed E-state index contributed by atoms with van der Waals surface area (Å²) in [6.45, 7) is 5.61. The molecule has 21 heavy (non-hydrogen) atoms. The van der Waals surface area contributed by atoms with Gasteiger partial charge in [-0.1, -0.05) is 31.3 Å². The Morgan fingerprint density at radius 2 is 2.24 bits per heavy atom. The van der Waals surface area contributed by atoms with Gasteiger partial charge in [-0.2, -0.15) is 0 Å². The zero-order valence-corrected chi connectivity index (χ0v) is 13.3. The minimum Gasteiger partial charge on any atom is -0.465 e. The molecule has 1 aliphatic rings. The maximum absolute atomic E-state index is 12.4. The lowest BCUT2D eigenvalue weighted by Gasteiger charge is -2.31. The molecule has 1 fully saturated rings. The second-order valence-electron chi connectivity index (χ2n) is 5.74. The first-order chi connectivity index (χ1) is 10.2. The van der Waals surface area contributed by atoms with Crippen LogP contribution in [0.1, 0.15) is 58.8 Å². The van der Waals surface area contributed by atoms with Crippen LogP contribution in [0.25, 0.3) is 10.4 Å². The smallest absolute Gasteiger partial charge is 0.326 e. The number of ether oxygens (including phenoxy) is 1. The van der Waals surface area contributed by atoms with Gasteiger partial charge in [0.1, 0.15) is 5.54 Å². The van der Waals surface area contributed by atoms with Gasteiger partial charge < -0.3 is 10.1 Å². The Morgan fingerprint density at radius 3 is 2.90 bits per heavy atom. The van der Waals surface area contributed by atoms with Crippen LogP contribution in [0.15, 0.2) is 5.11 Å². The van der Waals surface area contributed by atoms with E-state index in [1.54, 1.807) is 0 Å². The highest BCUT2D eigenvalue weighted by Gasteiger charge is 2.40. The third-order valence-corrected chi connectivity index (χ3v) is 4.40. The van der Waals surface area contributed by atoms with E-state index in [-0.39, 0.29) is 5.97 Å². The number of carbonyl (C=O) groups is 1. The summed E-state index contributed by atoms with van der Waals surface area (Å²) in [4.78, 5) is 15.2. The molecule has 6 heteroatoms. The lowest BCUT2D eigenvalue weighted by Crippen LogP contribution is -2.53. The van der Waals surface area contributed by atoms with Crippen LogP contribution >= 0.6 is 0 Å². The average Bonchev–Trinajstić information content (AvgIpc) is 2.70. The van der Waals surface area contributed by atoms with Gasteiger partial charge in [-0.3, -0.25) is 4.79 Å². The number of rotatable bonds is 8. The molecule has 1 rings (SSSR count). The van der Waals surface area contributed by atoms with Gasteiger partial charge in [-0.25, -0.2) is 0 Å². The van der Waals surface area contributed by atoms with Crippen LogP contribution < -0.4 is 5.32 Å². The van der Waals surface area contributed by atoms with E-state index in [4.69, 9.17) is 10.3 Å². The van der Waals surface area contributed by atoms with E-state index < -0.39 is 5.54 Å². The van der Waals surface area contributed by atoms with Gasteiger partial charge >= 0.3 is 5.97 Å². The van der Waals surface area contributed by atoms with Crippen LogP contribution in [0, 0.1) is 5.92 Å². The molecule has 6 nitrogen and oxygen atoms in total. The summed E-state index contributed by atoms with van der Waals surface area (Å²) in [7, 11) is 0. The van der Waals surface area contributed by atoms with Crippen molar-refractivity contribution in [3.05, 3.63) is 10.4 Å². The van der Waals surface area contributed by atoms with E-state index in [1.807, 2.05) is 6.92 Å². The minimum absolute atomic E-state index is 0.120. The van der Waals surface area contributed by atoms with E-state index in [2.05, 4.69) is 22.3 Å². The fourth-order valence-electron chi connectivity index (χ4n) is 3.07. The molecule has 0 aliphatic heterocycles. The highest BCUT2D eigenvalue weighted by molar-refractivity contribution is 5.80. The van der Waals surface area contributed by atoms with Crippen molar-refractivity contribution in [3.8, 4) is 0 Å². The average molecular weight is 296 g/mol. The number of azide groups is 1. The van der Waals surface area contributed by atoms with Gasteiger partial charge in [0, 0.05) is 11.5 Å². The van der Waals surface area contributed by atoms with Crippen molar-refractivity contribution in [2.45, 2.75) is 64.3 Å². The Balaban J connectivity index is 2.65. The third-order valence-electron chi connectivity index (χ3n) is 4.40. The standard InChI is InChI=1S/C15H28N4O2/c1-3-13-7-5-9-15(10-8-13,14(20)21-4-2)17-11-6-12-18-19-16/h13,17H,3-12H2,1-2H3. The largest absolute Gasteiger partial charge is 0.465 e. The van der Waals surface area contributed by atoms with Crippen molar-refractivity contribution in [3.63, 3.8) is 0 Å². The molecule has 2 unspecified atom stereocenters. The van der Waals surface area contributed by atoms with Crippen molar-refractivity contribution in [1.29, 1.82) is 0 Å². The first-order valence-corrected chi connectivity index (χ1v) is 8.11. The second-order valence-corrected chi connectivity index (χ2v) is 5.74. The molecule has 0 spiro atoms. The Hall–Kier alpha value is -1.26. The number of nitrogens with zero attached hydrogens (tertiary/aromatic N) is 3. The fraction of sp³-hybridized carbons (Fsp3) is 0.933. The van der Waals surface area contributed by atoms with Crippen LogP contribution in [0.4, 0.5) is 0 Å². The SMILES string of the molecule is CCOC(=O)C1(NCCCN=[N+]=[N-])CCCC(CC)CC1. The van der Waals surface area contributed by atoms with Gasteiger partial charge in [0.25, 0.3) is 0 Å². The molecule has 1 N–H and O–H groups in total. The zero-order chi connectivity index (χ0) is 15.6. The van der Waals surface area contributed by atoms with Gasteiger partial charge in [-0.05, 0) is 50.6 Å². The highest BCUT2D eigenvalue weighted by atomic mass is 16.5. The number of carbonyl (C=O) groups excluding carboxylic acids is 1. The summed E-state index contributed by atoms with van der Waals surface area (Å²) in [6.07, 6.45) is 6.91. The van der Waals surface area contributed by atoms with Crippen molar-refractivity contribution in [1.82, 2.24) is 5.32 Å². The monoisotopic (exact) mass is 296 g/mol. The molecule has 0 saturated heterocycles. The van der Waals surface area contributed by atoms with Crippen LogP contribution in [-0.4, -0.2) is 31.2 Å². The van der Waals surface area contributed by atoms with Crippen LogP contribution in [0.5, 0.6) is 0 Å². The summed E-state index contributed by atoms with van der Waals surface area (Å²) in [5.41, 5.74) is 7.74. The molecular formula is C15H28N4O2. The molecule has 0 aromatic carbocycles. The molecule has 0 heterocycles. The molecule has 0 amide bonds. The van der Waals surface area contributed by atoms with E-state index in [0.717, 1.165) is 32.1 Å². The predicted molar refractivity (Wildman–Crippen MR) is 82.9 cm³/mol. The molecule has 0 aromatic rings. The van der Waals surface area contributed by atoms with E-state index in [1.165, 1.54) is 12.8 Å². The Morgan fingerprint density at radius 1 is 1.43 bits per heavy atom. The molecule has 120 valence electrons. The highest BCUT2D eigenvalue weighted by Crippen LogP contribution is 2.33. The van der Waals surface area contributed by atoms with E-state index >= 15 is 0 Å². The minimum atomic E-state index is -0.545. The zero-order valence-electron chi connectivity index (χ0n) is 13.3. The van der Waals surface area contributed by atoms with Crippen molar-refractivity contribution >= 4 is 5.97 Å². The van der Waals surface area contributed by atoms with Crippen LogP contribution in [0.2, 0.25) is 0 Å². The molecule has 1 aliphatic carbocycles. The Kier molecular flexibility index (Phi) is 8.16. The molecule has 0 aromatic heterocycles. The van der Waals surface area contributed by atoms with Crippen LogP contribution in [-0.2, 0) is 9.53 Å². The number of hydrogen-bond donors (Lipinski definition) is 1. The quantitative estimate of drug-likeness (QED) is 0.185. The lowest BCUT2D eigenvalue weighted by molar-refractivity contribution is -0.152.